The molecule has 1 aromatic carbocycles. The Morgan fingerprint density at radius 2 is 2.10 bits per heavy atom. The molecule has 0 bridgehead atoms. The number of benzene rings is 1. The van der Waals surface area contributed by atoms with Gasteiger partial charge in [0.25, 0.3) is 0 Å². The van der Waals surface area contributed by atoms with Crippen molar-refractivity contribution in [2.24, 2.45) is 4.99 Å². The van der Waals surface area contributed by atoms with E-state index in [9.17, 15) is 0 Å². The largest absolute Gasteiger partial charge is 0.489 e. The molecule has 2 aliphatic heterocycles. The second-order valence-electron chi connectivity index (χ2n) is 7.83. The van der Waals surface area contributed by atoms with Crippen LogP contribution in [-0.4, -0.2) is 69.1 Å². The van der Waals surface area contributed by atoms with E-state index in [1.807, 2.05) is 19.2 Å². The monoisotopic (exact) mass is 517 g/mol. The van der Waals surface area contributed by atoms with Crippen molar-refractivity contribution in [1.82, 2.24) is 10.2 Å². The van der Waals surface area contributed by atoms with Gasteiger partial charge in [-0.2, -0.15) is 0 Å². The lowest BCUT2D eigenvalue weighted by Gasteiger charge is -2.34. The number of nitrogens with one attached hydrogen (secondary N) is 1. The fourth-order valence-corrected chi connectivity index (χ4v) is 3.78. The van der Waals surface area contributed by atoms with Gasteiger partial charge in [-0.1, -0.05) is 12.1 Å². The van der Waals surface area contributed by atoms with E-state index in [0.717, 1.165) is 63.8 Å². The van der Waals surface area contributed by atoms with Crippen LogP contribution >= 0.6 is 24.0 Å². The minimum atomic E-state index is 0. The quantitative estimate of drug-likeness (QED) is 0.340. The Morgan fingerprint density at radius 1 is 1.31 bits per heavy atom. The van der Waals surface area contributed by atoms with Crippen LogP contribution in [-0.2, 0) is 9.47 Å². The van der Waals surface area contributed by atoms with Crippen LogP contribution in [0.1, 0.15) is 38.2 Å². The van der Waals surface area contributed by atoms with Crippen LogP contribution in [0.2, 0.25) is 0 Å². The number of halogens is 1. The molecule has 3 rings (SSSR count). The van der Waals surface area contributed by atoms with E-state index in [1.165, 1.54) is 12.0 Å². The molecular weight excluding hydrogens is 481 g/mol. The lowest BCUT2D eigenvalue weighted by Crippen LogP contribution is -2.49. The van der Waals surface area contributed by atoms with E-state index < -0.39 is 0 Å². The Morgan fingerprint density at radius 3 is 2.76 bits per heavy atom. The number of nitrogens with zero attached hydrogens (tertiary/aromatic N) is 2. The molecule has 0 amide bonds. The van der Waals surface area contributed by atoms with Gasteiger partial charge in [0.15, 0.2) is 5.96 Å². The van der Waals surface area contributed by atoms with Gasteiger partial charge in [0.05, 0.1) is 25.4 Å². The van der Waals surface area contributed by atoms with Crippen molar-refractivity contribution < 1.29 is 14.2 Å². The zero-order chi connectivity index (χ0) is 19.8. The highest BCUT2D eigenvalue weighted by atomic mass is 127. The third-order valence-electron chi connectivity index (χ3n) is 5.37. The first-order valence-electron chi connectivity index (χ1n) is 10.6. The Labute approximate surface area is 192 Å². The second-order valence-corrected chi connectivity index (χ2v) is 7.83. The van der Waals surface area contributed by atoms with Crippen LogP contribution in [0.5, 0.6) is 5.75 Å². The maximum absolute atomic E-state index is 6.07. The molecule has 2 unspecified atom stereocenters. The summed E-state index contributed by atoms with van der Waals surface area (Å²) in [5.74, 6) is 1.85. The predicted octanol–water partition coefficient (Wildman–Crippen LogP) is 3.62. The number of piperidine rings is 1. The van der Waals surface area contributed by atoms with E-state index in [4.69, 9.17) is 14.2 Å². The number of hydrogen-bond donors (Lipinski definition) is 1. The summed E-state index contributed by atoms with van der Waals surface area (Å²) < 4.78 is 17.7. The van der Waals surface area contributed by atoms with E-state index in [-0.39, 0.29) is 30.1 Å². The first-order chi connectivity index (χ1) is 13.6. The molecule has 2 fully saturated rings. The minimum absolute atomic E-state index is 0. The highest BCUT2D eigenvalue weighted by Gasteiger charge is 2.24. The van der Waals surface area contributed by atoms with Crippen molar-refractivity contribution in [1.29, 1.82) is 0 Å². The SMILES string of the molecule is CN=C(NCC(C)Oc1cccc(C)c1)N1CCC(OCC2CCCO2)CC1.I. The number of aliphatic imine (C=N–C) groups is 1. The van der Waals surface area contributed by atoms with Gasteiger partial charge in [-0.25, -0.2) is 0 Å². The summed E-state index contributed by atoms with van der Waals surface area (Å²) in [5, 5.41) is 3.46. The van der Waals surface area contributed by atoms with Gasteiger partial charge in [0, 0.05) is 26.7 Å². The van der Waals surface area contributed by atoms with Gasteiger partial charge < -0.3 is 24.4 Å². The van der Waals surface area contributed by atoms with Gasteiger partial charge in [-0.05, 0) is 57.2 Å². The molecule has 2 heterocycles. The molecule has 164 valence electrons. The van der Waals surface area contributed by atoms with Crippen molar-refractivity contribution in [3.05, 3.63) is 29.8 Å². The van der Waals surface area contributed by atoms with Crippen LogP contribution in [0, 0.1) is 6.92 Å². The molecule has 0 spiro atoms. The van der Waals surface area contributed by atoms with Crippen molar-refractivity contribution >= 4 is 29.9 Å². The van der Waals surface area contributed by atoms with Crippen molar-refractivity contribution in [2.45, 2.75) is 57.8 Å². The summed E-state index contributed by atoms with van der Waals surface area (Å²) in [7, 11) is 1.84. The summed E-state index contributed by atoms with van der Waals surface area (Å²) in [6.07, 6.45) is 5.07. The molecule has 2 atom stereocenters. The van der Waals surface area contributed by atoms with Gasteiger partial charge >= 0.3 is 0 Å². The highest BCUT2D eigenvalue weighted by Crippen LogP contribution is 2.18. The molecule has 2 saturated heterocycles. The number of ether oxygens (including phenoxy) is 3. The molecule has 0 aliphatic carbocycles. The fraction of sp³-hybridized carbons (Fsp3) is 0.682. The van der Waals surface area contributed by atoms with Crippen molar-refractivity contribution in [3.63, 3.8) is 0 Å². The molecule has 7 heteroatoms. The summed E-state index contributed by atoms with van der Waals surface area (Å²) >= 11 is 0. The summed E-state index contributed by atoms with van der Waals surface area (Å²) in [6, 6.07) is 8.16. The van der Waals surface area contributed by atoms with E-state index >= 15 is 0 Å². The molecule has 29 heavy (non-hydrogen) atoms. The molecular formula is C22H36IN3O3. The van der Waals surface area contributed by atoms with E-state index in [2.05, 4.69) is 41.2 Å². The molecule has 6 nitrogen and oxygen atoms in total. The lowest BCUT2D eigenvalue weighted by molar-refractivity contribution is -0.0367. The average Bonchev–Trinajstić information content (AvgIpc) is 3.21. The topological polar surface area (TPSA) is 55.3 Å². The second kappa shape index (κ2) is 12.6. The number of guanidine groups is 1. The lowest BCUT2D eigenvalue weighted by atomic mass is 10.1. The zero-order valence-electron chi connectivity index (χ0n) is 17.9. The van der Waals surface area contributed by atoms with Crippen LogP contribution in [0.4, 0.5) is 0 Å². The summed E-state index contributed by atoms with van der Waals surface area (Å²) in [6.45, 7) is 8.42. The van der Waals surface area contributed by atoms with Crippen molar-refractivity contribution in [3.8, 4) is 5.75 Å². The average molecular weight is 517 g/mol. The fourth-order valence-electron chi connectivity index (χ4n) is 3.78. The smallest absolute Gasteiger partial charge is 0.193 e. The highest BCUT2D eigenvalue weighted by molar-refractivity contribution is 14.0. The van der Waals surface area contributed by atoms with E-state index in [0.29, 0.717) is 12.2 Å². The maximum Gasteiger partial charge on any atom is 0.193 e. The van der Waals surface area contributed by atoms with Crippen LogP contribution in [0.25, 0.3) is 0 Å². The molecule has 1 N–H and O–H groups in total. The molecule has 0 radical (unpaired) electrons. The minimum Gasteiger partial charge on any atom is -0.489 e. The summed E-state index contributed by atoms with van der Waals surface area (Å²) in [4.78, 5) is 6.76. The predicted molar refractivity (Wildman–Crippen MR) is 128 cm³/mol. The number of aryl methyl sites for hydroxylation is 1. The maximum atomic E-state index is 6.07. The zero-order valence-corrected chi connectivity index (χ0v) is 20.3. The van der Waals surface area contributed by atoms with Gasteiger partial charge in [0.2, 0.25) is 0 Å². The first kappa shape index (κ1) is 24.2. The standard InChI is InChI=1S/C22H35N3O3.HI/c1-17-6-4-7-20(14-17)28-18(2)15-24-22(23-3)25-11-9-19(10-12-25)27-16-21-8-5-13-26-21;/h4,6-7,14,18-19,21H,5,8-13,15-16H2,1-3H3,(H,23,24);1H. The Kier molecular flexibility index (Phi) is 10.5. The number of rotatable bonds is 7. The molecule has 2 aliphatic rings. The van der Waals surface area contributed by atoms with Gasteiger partial charge in [0.1, 0.15) is 11.9 Å². The van der Waals surface area contributed by atoms with Crippen LogP contribution < -0.4 is 10.1 Å². The summed E-state index contributed by atoms with van der Waals surface area (Å²) in [5.41, 5.74) is 1.21. The Balaban J connectivity index is 0.00000300. The van der Waals surface area contributed by atoms with Crippen LogP contribution in [0.15, 0.2) is 29.3 Å². The molecule has 0 aromatic heterocycles. The normalized spacial score (nSPS) is 21.6. The van der Waals surface area contributed by atoms with E-state index in [1.54, 1.807) is 0 Å². The first-order valence-corrected chi connectivity index (χ1v) is 10.6. The number of likely N-dealkylation sites (tertiary alicyclic amines) is 1. The third kappa shape index (κ3) is 7.94. The molecule has 1 aromatic rings. The Bertz CT molecular complexity index is 629. The van der Waals surface area contributed by atoms with Gasteiger partial charge in [-0.15, -0.1) is 24.0 Å². The third-order valence-corrected chi connectivity index (χ3v) is 5.37. The molecule has 0 saturated carbocycles. The van der Waals surface area contributed by atoms with Crippen LogP contribution in [0.3, 0.4) is 0 Å². The van der Waals surface area contributed by atoms with Gasteiger partial charge in [-0.3, -0.25) is 4.99 Å². The van der Waals surface area contributed by atoms with Crippen molar-refractivity contribution in [2.75, 3.05) is 39.9 Å². The Hall–Kier alpha value is -1.06. The number of hydrogen-bond acceptors (Lipinski definition) is 4.